The molecule has 0 aliphatic carbocycles. The molecule has 4 nitrogen and oxygen atoms in total. The summed E-state index contributed by atoms with van der Waals surface area (Å²) in [6.07, 6.45) is 1.97. The maximum Gasteiger partial charge on any atom is 0.0931 e. The second-order valence-electron chi connectivity index (χ2n) is 4.90. The zero-order valence-corrected chi connectivity index (χ0v) is 10.4. The number of nitrogens with zero attached hydrogens (tertiary/aromatic N) is 2. The number of hydrogen-bond donors (Lipinski definition) is 2. The van der Waals surface area contributed by atoms with E-state index in [1.807, 2.05) is 12.1 Å². The Balaban J connectivity index is 2.07. The molecular weight excluding hydrogens is 216 g/mol. The Morgan fingerprint density at radius 2 is 2.24 bits per heavy atom. The molecule has 1 aliphatic rings. The van der Waals surface area contributed by atoms with E-state index in [0.29, 0.717) is 18.2 Å². The Morgan fingerprint density at radius 1 is 1.47 bits per heavy atom. The largest absolute Gasteiger partial charge is 0.391 e. The summed E-state index contributed by atoms with van der Waals surface area (Å²) in [7, 11) is 0. The molecule has 4 heteroatoms. The van der Waals surface area contributed by atoms with Crippen LogP contribution in [0.3, 0.4) is 0 Å². The zero-order valence-electron chi connectivity index (χ0n) is 10.4. The predicted octanol–water partition coefficient (Wildman–Crippen LogP) is 1.34. The van der Waals surface area contributed by atoms with Gasteiger partial charge in [0.2, 0.25) is 0 Å². The molecular formula is C13H20N2O2. The fourth-order valence-corrected chi connectivity index (χ4v) is 2.12. The number of piperidine rings is 1. The first-order valence-electron chi connectivity index (χ1n) is 6.15. The number of aliphatic hydroxyl groups is 2. The van der Waals surface area contributed by atoms with Gasteiger partial charge in [-0.15, -0.1) is 0 Å². The highest BCUT2D eigenvalue weighted by molar-refractivity contribution is 5.45. The van der Waals surface area contributed by atoms with Crippen LogP contribution in [0.1, 0.15) is 32.1 Å². The minimum Gasteiger partial charge on any atom is -0.391 e. The molecule has 94 valence electrons. The van der Waals surface area contributed by atoms with Crippen LogP contribution in [0.15, 0.2) is 18.3 Å². The third-order valence-electron chi connectivity index (χ3n) is 3.48. The minimum atomic E-state index is -0.531. The smallest absolute Gasteiger partial charge is 0.0931 e. The van der Waals surface area contributed by atoms with Crippen LogP contribution in [-0.2, 0) is 0 Å². The Hall–Kier alpha value is -1.13. The van der Waals surface area contributed by atoms with Crippen LogP contribution in [0.25, 0.3) is 0 Å². The highest BCUT2D eigenvalue weighted by Gasteiger charge is 2.24. The molecule has 2 heterocycles. The second kappa shape index (κ2) is 5.02. The molecule has 0 spiro atoms. The van der Waals surface area contributed by atoms with E-state index in [4.69, 9.17) is 0 Å². The van der Waals surface area contributed by atoms with Gasteiger partial charge < -0.3 is 15.1 Å². The SMILES string of the molecule is CC1CCN(c2ccc([C@@H](C)O)nc2)CC1O. The van der Waals surface area contributed by atoms with Crippen LogP contribution in [-0.4, -0.2) is 34.4 Å². The Kier molecular flexibility index (Phi) is 3.64. The van der Waals surface area contributed by atoms with Crippen molar-refractivity contribution < 1.29 is 10.2 Å². The second-order valence-corrected chi connectivity index (χ2v) is 4.90. The van der Waals surface area contributed by atoms with Gasteiger partial charge in [-0.2, -0.15) is 0 Å². The van der Waals surface area contributed by atoms with Crippen molar-refractivity contribution in [3.63, 3.8) is 0 Å². The summed E-state index contributed by atoms with van der Waals surface area (Å²) in [5.41, 5.74) is 1.69. The molecule has 17 heavy (non-hydrogen) atoms. The van der Waals surface area contributed by atoms with Crippen LogP contribution >= 0.6 is 0 Å². The summed E-state index contributed by atoms with van der Waals surface area (Å²) in [5.74, 6) is 0.371. The summed E-state index contributed by atoms with van der Waals surface area (Å²) in [6, 6.07) is 3.79. The van der Waals surface area contributed by atoms with Crippen molar-refractivity contribution in [3.8, 4) is 0 Å². The summed E-state index contributed by atoms with van der Waals surface area (Å²) in [4.78, 5) is 6.37. The zero-order chi connectivity index (χ0) is 12.4. The highest BCUT2D eigenvalue weighted by atomic mass is 16.3. The van der Waals surface area contributed by atoms with Crippen LogP contribution in [0.5, 0.6) is 0 Å². The van der Waals surface area contributed by atoms with E-state index in [0.717, 1.165) is 18.7 Å². The van der Waals surface area contributed by atoms with Crippen molar-refractivity contribution in [2.45, 2.75) is 32.5 Å². The standard InChI is InChI=1S/C13H20N2O2/c1-9-5-6-15(8-13(9)17)11-3-4-12(10(2)16)14-7-11/h3-4,7,9-10,13,16-17H,5-6,8H2,1-2H3/t9?,10-,13?/m1/s1. The van der Waals surface area contributed by atoms with Crippen molar-refractivity contribution in [1.29, 1.82) is 0 Å². The first-order valence-corrected chi connectivity index (χ1v) is 6.15. The van der Waals surface area contributed by atoms with Crippen molar-refractivity contribution in [2.75, 3.05) is 18.0 Å². The lowest BCUT2D eigenvalue weighted by atomic mass is 9.96. The molecule has 0 bridgehead atoms. The highest BCUT2D eigenvalue weighted by Crippen LogP contribution is 2.23. The van der Waals surface area contributed by atoms with E-state index in [1.165, 1.54) is 0 Å². The molecule has 0 amide bonds. The van der Waals surface area contributed by atoms with E-state index < -0.39 is 6.10 Å². The lowest BCUT2D eigenvalue weighted by Gasteiger charge is -2.35. The van der Waals surface area contributed by atoms with Crippen LogP contribution < -0.4 is 4.90 Å². The van der Waals surface area contributed by atoms with E-state index in [2.05, 4.69) is 16.8 Å². The van der Waals surface area contributed by atoms with Gasteiger partial charge in [0.25, 0.3) is 0 Å². The lowest BCUT2D eigenvalue weighted by molar-refractivity contribution is 0.103. The van der Waals surface area contributed by atoms with Crippen LogP contribution in [0.4, 0.5) is 5.69 Å². The lowest BCUT2D eigenvalue weighted by Crippen LogP contribution is -2.42. The van der Waals surface area contributed by atoms with Crippen molar-refractivity contribution in [2.24, 2.45) is 5.92 Å². The van der Waals surface area contributed by atoms with Gasteiger partial charge in [0, 0.05) is 13.1 Å². The fourth-order valence-electron chi connectivity index (χ4n) is 2.12. The molecule has 3 atom stereocenters. The maximum absolute atomic E-state index is 9.85. The van der Waals surface area contributed by atoms with E-state index in [1.54, 1.807) is 13.1 Å². The average Bonchev–Trinajstić information content (AvgIpc) is 2.33. The third kappa shape index (κ3) is 2.76. The molecule has 0 aromatic carbocycles. The van der Waals surface area contributed by atoms with Gasteiger partial charge in [-0.05, 0) is 31.4 Å². The third-order valence-corrected chi connectivity index (χ3v) is 3.48. The molecule has 1 saturated heterocycles. The van der Waals surface area contributed by atoms with E-state index in [9.17, 15) is 10.2 Å². The predicted molar refractivity (Wildman–Crippen MR) is 66.9 cm³/mol. The van der Waals surface area contributed by atoms with Crippen LogP contribution in [0.2, 0.25) is 0 Å². The van der Waals surface area contributed by atoms with Crippen molar-refractivity contribution >= 4 is 5.69 Å². The fraction of sp³-hybridized carbons (Fsp3) is 0.615. The molecule has 1 fully saturated rings. The van der Waals surface area contributed by atoms with Gasteiger partial charge in [-0.3, -0.25) is 4.98 Å². The number of aliphatic hydroxyl groups excluding tert-OH is 2. The molecule has 0 radical (unpaired) electrons. The van der Waals surface area contributed by atoms with Gasteiger partial charge >= 0.3 is 0 Å². The normalized spacial score (nSPS) is 26.9. The number of rotatable bonds is 2. The Bertz CT molecular complexity index is 364. The average molecular weight is 236 g/mol. The summed E-state index contributed by atoms with van der Waals surface area (Å²) in [5, 5.41) is 19.2. The van der Waals surface area contributed by atoms with Crippen molar-refractivity contribution in [3.05, 3.63) is 24.0 Å². The summed E-state index contributed by atoms with van der Waals surface area (Å²) >= 11 is 0. The van der Waals surface area contributed by atoms with E-state index in [-0.39, 0.29) is 6.10 Å². The first-order chi connectivity index (χ1) is 8.08. The monoisotopic (exact) mass is 236 g/mol. The van der Waals surface area contributed by atoms with Gasteiger partial charge in [-0.25, -0.2) is 0 Å². The summed E-state index contributed by atoms with van der Waals surface area (Å²) in [6.45, 7) is 5.40. The molecule has 1 aromatic heterocycles. The van der Waals surface area contributed by atoms with Gasteiger partial charge in [0.15, 0.2) is 0 Å². The molecule has 2 rings (SSSR count). The molecule has 1 aromatic rings. The van der Waals surface area contributed by atoms with Crippen LogP contribution in [0, 0.1) is 5.92 Å². The number of anilines is 1. The maximum atomic E-state index is 9.85. The quantitative estimate of drug-likeness (QED) is 0.813. The topological polar surface area (TPSA) is 56.6 Å². The Morgan fingerprint density at radius 3 is 2.76 bits per heavy atom. The van der Waals surface area contributed by atoms with Gasteiger partial charge in [0.1, 0.15) is 0 Å². The van der Waals surface area contributed by atoms with Gasteiger partial charge in [-0.1, -0.05) is 6.92 Å². The molecule has 2 N–H and O–H groups in total. The number of pyridine rings is 1. The van der Waals surface area contributed by atoms with Gasteiger partial charge in [0.05, 0.1) is 29.8 Å². The minimum absolute atomic E-state index is 0.264. The molecule has 1 aliphatic heterocycles. The van der Waals surface area contributed by atoms with Crippen molar-refractivity contribution in [1.82, 2.24) is 4.98 Å². The molecule has 2 unspecified atom stereocenters. The number of hydrogen-bond acceptors (Lipinski definition) is 4. The first kappa shape index (κ1) is 12.3. The van der Waals surface area contributed by atoms with E-state index >= 15 is 0 Å². The summed E-state index contributed by atoms with van der Waals surface area (Å²) < 4.78 is 0. The number of β-amino-alcohol motifs (C(OH)–C–C–N with tert-alkyl or cyclic N) is 1. The Labute approximate surface area is 102 Å². The number of aromatic nitrogens is 1. The molecule has 0 saturated carbocycles.